The van der Waals surface area contributed by atoms with Crippen LogP contribution in [0.4, 0.5) is 13.2 Å². The fraction of sp³-hybridized carbons (Fsp3) is 0. The van der Waals surface area contributed by atoms with Gasteiger partial charge in [-0.3, -0.25) is 0 Å². The van der Waals surface area contributed by atoms with E-state index in [-0.39, 0.29) is 5.75 Å². The molecule has 2 rings (SSSR count). The van der Waals surface area contributed by atoms with Gasteiger partial charge in [0.25, 0.3) is 0 Å². The average molecular weight is 276 g/mol. The fourth-order valence-electron chi connectivity index (χ4n) is 1.60. The Morgan fingerprint density at radius 2 is 1.45 bits per heavy atom. The maximum atomic E-state index is 12.8. The summed E-state index contributed by atoms with van der Waals surface area (Å²) < 4.78 is 41.5. The molecule has 0 heterocycles. The molecule has 2 aromatic rings. The Morgan fingerprint density at radius 1 is 0.800 bits per heavy atom. The normalized spacial score (nSPS) is 10.6. The summed E-state index contributed by atoms with van der Waals surface area (Å²) in [5.41, 5.74) is 1.45. The molecule has 20 heavy (non-hydrogen) atoms. The van der Waals surface area contributed by atoms with E-state index in [9.17, 15) is 13.2 Å². The smallest absolute Gasteiger partial charge is 0.344 e. The Hall–Kier alpha value is -2.49. The van der Waals surface area contributed by atoms with Crippen LogP contribution in [-0.2, 0) is 0 Å². The van der Waals surface area contributed by atoms with Gasteiger partial charge in [-0.15, -0.1) is 0 Å². The van der Waals surface area contributed by atoms with Crippen molar-refractivity contribution in [2.45, 2.75) is 0 Å². The molecule has 0 aliphatic heterocycles. The quantitative estimate of drug-likeness (QED) is 0.546. The zero-order chi connectivity index (χ0) is 14.4. The van der Waals surface area contributed by atoms with Crippen LogP contribution >= 0.6 is 0 Å². The summed E-state index contributed by atoms with van der Waals surface area (Å²) in [5, 5.41) is 0. The topological polar surface area (TPSA) is 9.23 Å². The van der Waals surface area contributed by atoms with Gasteiger partial charge >= 0.3 is 12.1 Å². The van der Waals surface area contributed by atoms with Crippen molar-refractivity contribution in [3.63, 3.8) is 0 Å². The molecule has 0 saturated heterocycles. The van der Waals surface area contributed by atoms with Gasteiger partial charge in [-0.25, -0.2) is 0 Å². The van der Waals surface area contributed by atoms with Crippen molar-refractivity contribution in [3.05, 3.63) is 77.8 Å². The summed E-state index contributed by atoms with van der Waals surface area (Å²) in [5.74, 6) is 0.0324. The predicted molar refractivity (Wildman–Crippen MR) is 72.8 cm³/mol. The molecule has 4 heteroatoms. The van der Waals surface area contributed by atoms with Crippen LogP contribution in [-0.4, -0.2) is 0 Å². The molecule has 0 amide bonds. The molecular weight excluding hydrogens is 265 g/mol. The third-order valence-corrected chi connectivity index (χ3v) is 2.52. The van der Waals surface area contributed by atoms with E-state index in [4.69, 9.17) is 0 Å². The minimum absolute atomic E-state index is 0.0324. The number of benzene rings is 2. The van der Waals surface area contributed by atoms with E-state index < -0.39 is 12.1 Å². The van der Waals surface area contributed by atoms with Crippen molar-refractivity contribution in [2.75, 3.05) is 0 Å². The molecule has 0 aliphatic rings. The van der Waals surface area contributed by atoms with Crippen molar-refractivity contribution in [1.29, 1.82) is 0 Å². The number of hydrogen-bond acceptors (Lipinski definition) is 1. The second-order valence-electron chi connectivity index (χ2n) is 3.92. The molecule has 2 aromatic carbocycles. The van der Waals surface area contributed by atoms with E-state index >= 15 is 0 Å². The predicted octanol–water partition coefficient (Wildman–Crippen LogP) is 5.27. The Labute approximate surface area is 114 Å². The standard InChI is InChI=1S/C16H11F3O/c17-15(18)16(19)20-14-9-5-4-8-13(14)11-10-12-6-2-1-3-7-12/h1-11H. The van der Waals surface area contributed by atoms with Gasteiger partial charge in [-0.1, -0.05) is 60.7 Å². The summed E-state index contributed by atoms with van der Waals surface area (Å²) in [6, 6.07) is 13.9. The van der Waals surface area contributed by atoms with E-state index in [1.165, 1.54) is 6.07 Å². The molecule has 0 atom stereocenters. The molecular formula is C16H11F3O. The minimum Gasteiger partial charge on any atom is -0.427 e. The number of halogens is 3. The first kappa shape index (κ1) is 13.9. The highest BCUT2D eigenvalue weighted by atomic mass is 19.3. The molecule has 0 saturated carbocycles. The van der Waals surface area contributed by atoms with Crippen LogP contribution in [0.5, 0.6) is 5.75 Å². The van der Waals surface area contributed by atoms with Crippen molar-refractivity contribution < 1.29 is 17.9 Å². The summed E-state index contributed by atoms with van der Waals surface area (Å²) in [4.78, 5) is 0. The summed E-state index contributed by atoms with van der Waals surface area (Å²) in [7, 11) is 0. The maximum Gasteiger partial charge on any atom is 0.344 e. The van der Waals surface area contributed by atoms with Crippen LogP contribution in [0.15, 0.2) is 66.7 Å². The van der Waals surface area contributed by atoms with E-state index in [1.54, 1.807) is 30.4 Å². The first-order valence-electron chi connectivity index (χ1n) is 5.87. The van der Waals surface area contributed by atoms with E-state index in [0.29, 0.717) is 5.56 Å². The van der Waals surface area contributed by atoms with E-state index in [2.05, 4.69) is 4.74 Å². The lowest BCUT2D eigenvalue weighted by atomic mass is 10.1. The SMILES string of the molecule is FC(F)=C(F)Oc1ccccc1C=Cc1ccccc1. The van der Waals surface area contributed by atoms with Crippen LogP contribution in [0.3, 0.4) is 0 Å². The Morgan fingerprint density at radius 3 is 2.15 bits per heavy atom. The largest absolute Gasteiger partial charge is 0.427 e. The van der Waals surface area contributed by atoms with Crippen LogP contribution in [0.2, 0.25) is 0 Å². The molecule has 0 fully saturated rings. The zero-order valence-electron chi connectivity index (χ0n) is 10.4. The van der Waals surface area contributed by atoms with Gasteiger partial charge in [0.15, 0.2) is 0 Å². The van der Waals surface area contributed by atoms with Gasteiger partial charge in [0.05, 0.1) is 0 Å². The molecule has 1 nitrogen and oxygen atoms in total. The first-order chi connectivity index (χ1) is 9.66. The molecule has 102 valence electrons. The van der Waals surface area contributed by atoms with E-state index in [0.717, 1.165) is 5.56 Å². The van der Waals surface area contributed by atoms with E-state index in [1.807, 2.05) is 30.3 Å². The van der Waals surface area contributed by atoms with Gasteiger partial charge in [-0.2, -0.15) is 13.2 Å². The van der Waals surface area contributed by atoms with Crippen LogP contribution in [0, 0.1) is 0 Å². The van der Waals surface area contributed by atoms with Crippen LogP contribution in [0.1, 0.15) is 11.1 Å². The molecule has 0 N–H and O–H groups in total. The fourth-order valence-corrected chi connectivity index (χ4v) is 1.60. The van der Waals surface area contributed by atoms with Crippen molar-refractivity contribution in [2.24, 2.45) is 0 Å². The molecule has 0 bridgehead atoms. The average Bonchev–Trinajstić information content (AvgIpc) is 2.47. The Bertz CT molecular complexity index is 629. The number of ether oxygens (including phenoxy) is 1. The lowest BCUT2D eigenvalue weighted by molar-refractivity contribution is 0.241. The second kappa shape index (κ2) is 6.61. The zero-order valence-corrected chi connectivity index (χ0v) is 10.4. The highest BCUT2D eigenvalue weighted by Gasteiger charge is 2.09. The third-order valence-electron chi connectivity index (χ3n) is 2.52. The highest BCUT2D eigenvalue weighted by molar-refractivity contribution is 5.72. The van der Waals surface area contributed by atoms with Crippen LogP contribution < -0.4 is 4.74 Å². The molecule has 0 radical (unpaired) electrons. The Balaban J connectivity index is 2.25. The van der Waals surface area contributed by atoms with Crippen LogP contribution in [0.25, 0.3) is 12.2 Å². The van der Waals surface area contributed by atoms with Gasteiger partial charge in [-0.05, 0) is 11.6 Å². The number of para-hydroxylation sites is 1. The molecule has 0 aromatic heterocycles. The third kappa shape index (κ3) is 3.75. The van der Waals surface area contributed by atoms with Gasteiger partial charge in [0.1, 0.15) is 5.75 Å². The summed E-state index contributed by atoms with van der Waals surface area (Å²) in [6.45, 7) is 0. The van der Waals surface area contributed by atoms with Crippen molar-refractivity contribution in [1.82, 2.24) is 0 Å². The second-order valence-corrected chi connectivity index (χ2v) is 3.92. The molecule has 0 aliphatic carbocycles. The molecule has 0 unspecified atom stereocenters. The first-order valence-corrected chi connectivity index (χ1v) is 5.87. The maximum absolute atomic E-state index is 12.8. The van der Waals surface area contributed by atoms with Gasteiger partial charge in [0, 0.05) is 5.56 Å². The lowest BCUT2D eigenvalue weighted by Crippen LogP contribution is -1.92. The van der Waals surface area contributed by atoms with Gasteiger partial charge in [0.2, 0.25) is 0 Å². The highest BCUT2D eigenvalue weighted by Crippen LogP contribution is 2.24. The number of hydrogen-bond donors (Lipinski definition) is 0. The summed E-state index contributed by atoms with van der Waals surface area (Å²) >= 11 is 0. The Kier molecular flexibility index (Phi) is 4.60. The van der Waals surface area contributed by atoms with Crippen molar-refractivity contribution in [3.8, 4) is 5.75 Å². The minimum atomic E-state index is -2.48. The monoisotopic (exact) mass is 276 g/mol. The summed E-state index contributed by atoms with van der Waals surface area (Å²) in [6.07, 6.45) is 0.982. The molecule has 0 spiro atoms. The van der Waals surface area contributed by atoms with Crippen molar-refractivity contribution >= 4 is 12.2 Å². The lowest BCUT2D eigenvalue weighted by Gasteiger charge is -2.05. The van der Waals surface area contributed by atoms with Gasteiger partial charge < -0.3 is 4.74 Å². The number of rotatable bonds is 4.